The van der Waals surface area contributed by atoms with Crippen molar-refractivity contribution in [1.82, 2.24) is 5.32 Å². The molecule has 0 aliphatic carbocycles. The summed E-state index contributed by atoms with van der Waals surface area (Å²) in [6, 6.07) is 7.42. The minimum Gasteiger partial charge on any atom is -0.381 e. The third-order valence-corrected chi connectivity index (χ3v) is 4.04. The molecular weight excluding hydrogens is 236 g/mol. The molecule has 1 aliphatic rings. The number of nitrogens with one attached hydrogen (secondary N) is 1. The Morgan fingerprint density at radius 3 is 2.68 bits per heavy atom. The number of hydrogen-bond acceptors (Lipinski definition) is 3. The summed E-state index contributed by atoms with van der Waals surface area (Å²) in [5.41, 5.74) is 4.09. The first kappa shape index (κ1) is 14.4. The summed E-state index contributed by atoms with van der Waals surface area (Å²) in [7, 11) is 2.20. The summed E-state index contributed by atoms with van der Waals surface area (Å²) in [6.07, 6.45) is 2.27. The molecule has 1 saturated heterocycles. The van der Waals surface area contributed by atoms with Crippen LogP contribution in [-0.4, -0.2) is 32.8 Å². The molecule has 1 aromatic carbocycles. The molecular formula is C16H26N2O. The third kappa shape index (κ3) is 3.71. The average Bonchev–Trinajstić information content (AvgIpc) is 2.46. The SMILES string of the molecule is CCNCc1ccc(N(C)C2CCOCC2)cc1C. The van der Waals surface area contributed by atoms with Gasteiger partial charge in [-0.1, -0.05) is 13.0 Å². The van der Waals surface area contributed by atoms with E-state index in [1.54, 1.807) is 0 Å². The largest absolute Gasteiger partial charge is 0.381 e. The fourth-order valence-electron chi connectivity index (χ4n) is 2.64. The molecule has 0 spiro atoms. The molecule has 1 N–H and O–H groups in total. The fraction of sp³-hybridized carbons (Fsp3) is 0.625. The van der Waals surface area contributed by atoms with E-state index in [0.29, 0.717) is 6.04 Å². The van der Waals surface area contributed by atoms with Gasteiger partial charge in [0.2, 0.25) is 0 Å². The maximum atomic E-state index is 5.44. The first-order chi connectivity index (χ1) is 9.22. The van der Waals surface area contributed by atoms with Gasteiger partial charge in [-0.2, -0.15) is 0 Å². The quantitative estimate of drug-likeness (QED) is 0.883. The van der Waals surface area contributed by atoms with Crippen molar-refractivity contribution in [3.8, 4) is 0 Å². The van der Waals surface area contributed by atoms with E-state index in [1.165, 1.54) is 16.8 Å². The first-order valence-corrected chi connectivity index (χ1v) is 7.33. The second-order valence-corrected chi connectivity index (χ2v) is 5.35. The zero-order chi connectivity index (χ0) is 13.7. The van der Waals surface area contributed by atoms with Gasteiger partial charge < -0.3 is 15.0 Å². The average molecular weight is 262 g/mol. The highest BCUT2D eigenvalue weighted by molar-refractivity contribution is 5.51. The second-order valence-electron chi connectivity index (χ2n) is 5.35. The molecule has 19 heavy (non-hydrogen) atoms. The van der Waals surface area contributed by atoms with Crippen LogP contribution in [0.4, 0.5) is 5.69 Å². The molecule has 0 unspecified atom stereocenters. The number of benzene rings is 1. The van der Waals surface area contributed by atoms with Crippen molar-refractivity contribution in [3.63, 3.8) is 0 Å². The lowest BCUT2D eigenvalue weighted by Crippen LogP contribution is -2.36. The highest BCUT2D eigenvalue weighted by Crippen LogP contribution is 2.23. The van der Waals surface area contributed by atoms with Crippen molar-refractivity contribution in [2.45, 2.75) is 39.3 Å². The second kappa shape index (κ2) is 6.92. The normalized spacial score (nSPS) is 16.6. The number of aryl methyl sites for hydroxylation is 1. The van der Waals surface area contributed by atoms with Crippen LogP contribution in [0.15, 0.2) is 18.2 Å². The van der Waals surface area contributed by atoms with Crippen LogP contribution in [0, 0.1) is 6.92 Å². The smallest absolute Gasteiger partial charge is 0.0485 e. The van der Waals surface area contributed by atoms with Crippen LogP contribution in [0.3, 0.4) is 0 Å². The van der Waals surface area contributed by atoms with Gasteiger partial charge in [0.1, 0.15) is 0 Å². The van der Waals surface area contributed by atoms with Crippen molar-refractivity contribution in [2.75, 3.05) is 31.7 Å². The van der Waals surface area contributed by atoms with Crippen LogP contribution in [0.2, 0.25) is 0 Å². The molecule has 1 fully saturated rings. The van der Waals surface area contributed by atoms with Crippen LogP contribution in [0.25, 0.3) is 0 Å². The van der Waals surface area contributed by atoms with E-state index < -0.39 is 0 Å². The third-order valence-electron chi connectivity index (χ3n) is 4.04. The molecule has 2 rings (SSSR count). The summed E-state index contributed by atoms with van der Waals surface area (Å²) in [4.78, 5) is 2.41. The Morgan fingerprint density at radius 1 is 1.32 bits per heavy atom. The summed E-state index contributed by atoms with van der Waals surface area (Å²) in [6.45, 7) is 8.11. The van der Waals surface area contributed by atoms with Crippen molar-refractivity contribution in [3.05, 3.63) is 29.3 Å². The number of hydrogen-bond donors (Lipinski definition) is 1. The molecule has 3 nitrogen and oxygen atoms in total. The maximum absolute atomic E-state index is 5.44. The Labute approximate surface area is 116 Å². The highest BCUT2D eigenvalue weighted by Gasteiger charge is 2.18. The molecule has 0 atom stereocenters. The lowest BCUT2D eigenvalue weighted by molar-refractivity contribution is 0.0855. The molecule has 0 bridgehead atoms. The minimum absolute atomic E-state index is 0.618. The summed E-state index contributed by atoms with van der Waals surface area (Å²) in [5.74, 6) is 0. The van der Waals surface area contributed by atoms with E-state index in [-0.39, 0.29) is 0 Å². The molecule has 0 saturated carbocycles. The van der Waals surface area contributed by atoms with Crippen LogP contribution < -0.4 is 10.2 Å². The van der Waals surface area contributed by atoms with Gasteiger partial charge in [0, 0.05) is 38.5 Å². The molecule has 0 aromatic heterocycles. The summed E-state index contributed by atoms with van der Waals surface area (Å²) >= 11 is 0. The number of nitrogens with zero attached hydrogens (tertiary/aromatic N) is 1. The molecule has 1 aliphatic heterocycles. The summed E-state index contributed by atoms with van der Waals surface area (Å²) in [5, 5.41) is 3.39. The molecule has 0 amide bonds. The Balaban J connectivity index is 2.05. The Morgan fingerprint density at radius 2 is 2.05 bits per heavy atom. The highest BCUT2D eigenvalue weighted by atomic mass is 16.5. The van der Waals surface area contributed by atoms with Gasteiger partial charge in [-0.15, -0.1) is 0 Å². The topological polar surface area (TPSA) is 24.5 Å². The van der Waals surface area contributed by atoms with E-state index in [1.807, 2.05) is 0 Å². The standard InChI is InChI=1S/C16H26N2O/c1-4-17-12-14-5-6-16(11-13(14)2)18(3)15-7-9-19-10-8-15/h5-6,11,15,17H,4,7-10,12H2,1-3H3. The molecule has 1 heterocycles. The van der Waals surface area contributed by atoms with Gasteiger partial charge in [-0.25, -0.2) is 0 Å². The Bertz CT molecular complexity index is 400. The van der Waals surface area contributed by atoms with E-state index >= 15 is 0 Å². The van der Waals surface area contributed by atoms with Gasteiger partial charge in [0.25, 0.3) is 0 Å². The fourth-order valence-corrected chi connectivity index (χ4v) is 2.64. The zero-order valence-electron chi connectivity index (χ0n) is 12.4. The van der Waals surface area contributed by atoms with Crippen molar-refractivity contribution in [1.29, 1.82) is 0 Å². The Kier molecular flexibility index (Phi) is 5.23. The molecule has 3 heteroatoms. The van der Waals surface area contributed by atoms with Crippen LogP contribution in [0.5, 0.6) is 0 Å². The predicted octanol–water partition coefficient (Wildman–Crippen LogP) is 2.72. The van der Waals surface area contributed by atoms with Crippen molar-refractivity contribution >= 4 is 5.69 Å². The van der Waals surface area contributed by atoms with Gasteiger partial charge in [0.15, 0.2) is 0 Å². The lowest BCUT2D eigenvalue weighted by Gasteiger charge is -2.33. The Hall–Kier alpha value is -1.06. The summed E-state index contributed by atoms with van der Waals surface area (Å²) < 4.78 is 5.44. The number of ether oxygens (including phenoxy) is 1. The van der Waals surface area contributed by atoms with Crippen LogP contribution in [0.1, 0.15) is 30.9 Å². The van der Waals surface area contributed by atoms with Gasteiger partial charge in [-0.05, 0) is 49.6 Å². The minimum atomic E-state index is 0.618. The van der Waals surface area contributed by atoms with Gasteiger partial charge in [-0.3, -0.25) is 0 Å². The van der Waals surface area contributed by atoms with Crippen LogP contribution >= 0.6 is 0 Å². The monoisotopic (exact) mass is 262 g/mol. The van der Waals surface area contributed by atoms with E-state index in [0.717, 1.165) is 39.1 Å². The van der Waals surface area contributed by atoms with Gasteiger partial charge in [0.05, 0.1) is 0 Å². The van der Waals surface area contributed by atoms with E-state index in [2.05, 4.69) is 49.3 Å². The maximum Gasteiger partial charge on any atom is 0.0485 e. The lowest BCUT2D eigenvalue weighted by atomic mass is 10.0. The van der Waals surface area contributed by atoms with Crippen molar-refractivity contribution in [2.24, 2.45) is 0 Å². The number of anilines is 1. The number of rotatable bonds is 5. The first-order valence-electron chi connectivity index (χ1n) is 7.33. The van der Waals surface area contributed by atoms with E-state index in [4.69, 9.17) is 4.74 Å². The van der Waals surface area contributed by atoms with Gasteiger partial charge >= 0.3 is 0 Å². The molecule has 106 valence electrons. The predicted molar refractivity (Wildman–Crippen MR) is 80.8 cm³/mol. The van der Waals surface area contributed by atoms with Crippen molar-refractivity contribution < 1.29 is 4.74 Å². The molecule has 1 aromatic rings. The van der Waals surface area contributed by atoms with Crippen LogP contribution in [-0.2, 0) is 11.3 Å². The van der Waals surface area contributed by atoms with E-state index in [9.17, 15) is 0 Å². The zero-order valence-corrected chi connectivity index (χ0v) is 12.4. The molecule has 0 radical (unpaired) electrons.